The van der Waals surface area contributed by atoms with E-state index in [9.17, 15) is 17.6 Å². The van der Waals surface area contributed by atoms with Gasteiger partial charge in [-0.1, -0.05) is 55.1 Å². The molecule has 2 aromatic heterocycles. The van der Waals surface area contributed by atoms with E-state index in [4.69, 9.17) is 4.74 Å². The lowest BCUT2D eigenvalue weighted by Gasteiger charge is -2.14. The zero-order valence-corrected chi connectivity index (χ0v) is 22.1. The third-order valence-electron chi connectivity index (χ3n) is 6.02. The second-order valence-corrected chi connectivity index (χ2v) is 11.3. The largest absolute Gasteiger partial charge is 0.468 e. The van der Waals surface area contributed by atoms with E-state index in [-0.39, 0.29) is 4.90 Å². The number of methoxy groups -OCH3 is 1. The number of nitrogens with zero attached hydrogens (tertiary/aromatic N) is 4. The van der Waals surface area contributed by atoms with E-state index in [1.807, 2.05) is 19.1 Å². The summed E-state index contributed by atoms with van der Waals surface area (Å²) < 4.78 is 48.9. The van der Waals surface area contributed by atoms with Gasteiger partial charge in [0.15, 0.2) is 11.0 Å². The first kappa shape index (κ1) is 25.7. The van der Waals surface area contributed by atoms with Crippen molar-refractivity contribution < 1.29 is 22.3 Å². The van der Waals surface area contributed by atoms with E-state index in [1.165, 1.54) is 53.3 Å². The van der Waals surface area contributed by atoms with E-state index in [2.05, 4.69) is 10.2 Å². The van der Waals surface area contributed by atoms with Crippen molar-refractivity contribution in [3.05, 3.63) is 90.9 Å². The van der Waals surface area contributed by atoms with Crippen LogP contribution in [0, 0.1) is 5.82 Å². The lowest BCUT2D eigenvalue weighted by molar-refractivity contribution is -0.140. The molecule has 0 fully saturated rings. The minimum absolute atomic E-state index is 0.146. The average molecular weight is 551 g/mol. The van der Waals surface area contributed by atoms with Crippen LogP contribution in [0.25, 0.3) is 28.0 Å². The second kappa shape index (κ2) is 10.4. The number of para-hydroxylation sites is 1. The number of ether oxygens (including phenoxy) is 1. The van der Waals surface area contributed by atoms with Crippen molar-refractivity contribution in [2.75, 3.05) is 7.11 Å². The number of carbonyl (C=O) groups excluding carboxylic acids is 1. The van der Waals surface area contributed by atoms with Crippen molar-refractivity contribution in [1.29, 1.82) is 0 Å². The normalized spacial score (nSPS) is 12.5. The van der Waals surface area contributed by atoms with Crippen molar-refractivity contribution in [3.8, 4) is 17.1 Å². The Morgan fingerprint density at radius 1 is 1.00 bits per heavy atom. The molecule has 38 heavy (non-hydrogen) atoms. The Hall–Kier alpha value is -3.96. The van der Waals surface area contributed by atoms with Crippen LogP contribution in [0.15, 0.2) is 95.1 Å². The molecule has 0 bridgehead atoms. The smallest absolute Gasteiger partial charge is 0.319 e. The van der Waals surface area contributed by atoms with Gasteiger partial charge in [-0.05, 0) is 48.9 Å². The Kier molecular flexibility index (Phi) is 7.04. The number of esters is 1. The van der Waals surface area contributed by atoms with Gasteiger partial charge < -0.3 is 4.74 Å². The zero-order valence-electron chi connectivity index (χ0n) is 20.5. The summed E-state index contributed by atoms with van der Waals surface area (Å²) in [6.45, 7) is 1.86. The van der Waals surface area contributed by atoms with Crippen molar-refractivity contribution >= 4 is 38.7 Å². The lowest BCUT2D eigenvalue weighted by atomic mass is 10.1. The molecule has 8 nitrogen and oxygen atoms in total. The highest BCUT2D eigenvalue weighted by Crippen LogP contribution is 2.36. The van der Waals surface area contributed by atoms with Gasteiger partial charge in [0.05, 0.1) is 17.5 Å². The molecule has 5 rings (SSSR count). The standard InChI is InChI=1S/C27H23FN4O4S2/c1-3-24(26(33)36-2)37-27-30-29-25(32(27)19-15-13-18(28)14-16-19)22-17-31(23-12-8-7-11-21(22)23)38(34,35)20-9-5-4-6-10-20/h4-17,24H,3H2,1-2H3/t24-/m0/s1. The molecule has 0 N–H and O–H groups in total. The minimum atomic E-state index is -3.92. The third-order valence-corrected chi connectivity index (χ3v) is 8.99. The highest BCUT2D eigenvalue weighted by Gasteiger charge is 2.27. The van der Waals surface area contributed by atoms with Gasteiger partial charge >= 0.3 is 5.97 Å². The van der Waals surface area contributed by atoms with E-state index in [0.717, 1.165) is 0 Å². The van der Waals surface area contributed by atoms with Crippen LogP contribution in [-0.4, -0.2) is 45.5 Å². The maximum absolute atomic E-state index is 13.8. The molecule has 0 spiro atoms. The van der Waals surface area contributed by atoms with Crippen LogP contribution >= 0.6 is 11.8 Å². The Morgan fingerprint density at radius 2 is 1.68 bits per heavy atom. The van der Waals surface area contributed by atoms with Crippen LogP contribution in [0.3, 0.4) is 0 Å². The number of aromatic nitrogens is 4. The van der Waals surface area contributed by atoms with Gasteiger partial charge in [0.2, 0.25) is 0 Å². The summed E-state index contributed by atoms with van der Waals surface area (Å²) >= 11 is 1.17. The number of hydrogen-bond donors (Lipinski definition) is 0. The molecule has 0 saturated carbocycles. The molecule has 1 atom stereocenters. The fourth-order valence-corrected chi connectivity index (χ4v) is 6.52. The highest BCUT2D eigenvalue weighted by molar-refractivity contribution is 8.00. The summed E-state index contributed by atoms with van der Waals surface area (Å²) in [6.07, 6.45) is 2.00. The summed E-state index contributed by atoms with van der Waals surface area (Å²) in [5.74, 6) is -0.473. The minimum Gasteiger partial charge on any atom is -0.468 e. The molecule has 0 aliphatic rings. The van der Waals surface area contributed by atoms with Gasteiger partial charge in [-0.3, -0.25) is 9.36 Å². The van der Waals surface area contributed by atoms with Gasteiger partial charge in [0.25, 0.3) is 10.0 Å². The van der Waals surface area contributed by atoms with Crippen LogP contribution in [-0.2, 0) is 19.6 Å². The molecule has 0 aliphatic heterocycles. The number of rotatable bonds is 8. The number of thioether (sulfide) groups is 1. The van der Waals surface area contributed by atoms with Crippen molar-refractivity contribution in [2.24, 2.45) is 0 Å². The molecule has 0 amide bonds. The molecule has 0 radical (unpaired) electrons. The Morgan fingerprint density at radius 3 is 2.37 bits per heavy atom. The molecule has 194 valence electrons. The fourth-order valence-electron chi connectivity index (χ4n) is 4.13. The van der Waals surface area contributed by atoms with E-state index >= 15 is 0 Å². The molecular formula is C27H23FN4O4S2. The number of carbonyl (C=O) groups is 1. The second-order valence-electron chi connectivity index (χ2n) is 8.33. The molecular weight excluding hydrogens is 527 g/mol. The van der Waals surface area contributed by atoms with Crippen LogP contribution < -0.4 is 0 Å². The number of benzene rings is 3. The first-order valence-electron chi connectivity index (χ1n) is 11.7. The number of fused-ring (bicyclic) bond motifs is 1. The monoisotopic (exact) mass is 550 g/mol. The van der Waals surface area contributed by atoms with Gasteiger partial charge in [-0.2, -0.15) is 0 Å². The predicted molar refractivity (Wildman–Crippen MR) is 143 cm³/mol. The summed E-state index contributed by atoms with van der Waals surface area (Å²) in [4.78, 5) is 12.5. The first-order chi connectivity index (χ1) is 18.3. The third kappa shape index (κ3) is 4.59. The topological polar surface area (TPSA) is 96.1 Å². The van der Waals surface area contributed by atoms with Gasteiger partial charge in [0.1, 0.15) is 11.1 Å². The van der Waals surface area contributed by atoms with Crippen LogP contribution in [0.1, 0.15) is 13.3 Å². The molecule has 2 heterocycles. The van der Waals surface area contributed by atoms with Crippen LogP contribution in [0.4, 0.5) is 4.39 Å². The zero-order chi connectivity index (χ0) is 26.9. The maximum atomic E-state index is 13.8. The molecule has 0 saturated heterocycles. The molecule has 3 aromatic carbocycles. The van der Waals surface area contributed by atoms with Gasteiger partial charge in [-0.25, -0.2) is 16.8 Å². The Balaban J connectivity index is 1.73. The fraction of sp³-hybridized carbons (Fsp3) is 0.148. The molecule has 11 heteroatoms. The summed E-state index contributed by atoms with van der Waals surface area (Å²) in [7, 11) is -2.60. The molecule has 0 unspecified atom stereocenters. The Bertz CT molecular complexity index is 1720. The maximum Gasteiger partial charge on any atom is 0.319 e. The predicted octanol–water partition coefficient (Wildman–Crippen LogP) is 5.31. The van der Waals surface area contributed by atoms with E-state index < -0.39 is 27.1 Å². The summed E-state index contributed by atoms with van der Waals surface area (Å²) in [6, 6.07) is 21.0. The highest BCUT2D eigenvalue weighted by atomic mass is 32.2. The van der Waals surface area contributed by atoms with Crippen molar-refractivity contribution in [2.45, 2.75) is 28.6 Å². The molecule has 5 aromatic rings. The van der Waals surface area contributed by atoms with Crippen molar-refractivity contribution in [3.63, 3.8) is 0 Å². The van der Waals surface area contributed by atoms with Crippen LogP contribution in [0.2, 0.25) is 0 Å². The SMILES string of the molecule is CC[C@H](Sc1nnc(-c2cn(S(=O)(=O)c3ccccc3)c3ccccc23)n1-c1ccc(F)cc1)C(=O)OC. The van der Waals surface area contributed by atoms with Crippen LogP contribution in [0.5, 0.6) is 0 Å². The lowest BCUT2D eigenvalue weighted by Crippen LogP contribution is -2.18. The quantitative estimate of drug-likeness (QED) is 0.191. The average Bonchev–Trinajstić information content (AvgIpc) is 3.54. The van der Waals surface area contributed by atoms with Gasteiger partial charge in [-0.15, -0.1) is 10.2 Å². The summed E-state index contributed by atoms with van der Waals surface area (Å²) in [5.41, 5.74) is 1.53. The van der Waals surface area contributed by atoms with E-state index in [1.54, 1.807) is 47.0 Å². The van der Waals surface area contributed by atoms with E-state index in [0.29, 0.717) is 39.6 Å². The summed E-state index contributed by atoms with van der Waals surface area (Å²) in [5, 5.41) is 9.24. The Labute approximate surface area is 223 Å². The van der Waals surface area contributed by atoms with Gasteiger partial charge in [0, 0.05) is 22.8 Å². The molecule has 0 aliphatic carbocycles. The van der Waals surface area contributed by atoms with Crippen molar-refractivity contribution in [1.82, 2.24) is 18.7 Å². The first-order valence-corrected chi connectivity index (χ1v) is 14.0. The number of hydrogen-bond acceptors (Lipinski definition) is 7. The number of halogens is 1.